The molecule has 94 valence electrons. The second kappa shape index (κ2) is 6.25. The molecule has 0 aromatic heterocycles. The first-order valence-corrected chi connectivity index (χ1v) is 5.61. The van der Waals surface area contributed by atoms with Crippen molar-refractivity contribution in [2.24, 2.45) is 0 Å². The predicted molar refractivity (Wildman–Crippen MR) is 69.4 cm³/mol. The van der Waals surface area contributed by atoms with Crippen molar-refractivity contribution in [1.29, 1.82) is 0 Å². The SMILES string of the molecule is COCC(C)Nc1cccc(C(=O)N(C)C)c1. The smallest absolute Gasteiger partial charge is 0.253 e. The maximum absolute atomic E-state index is 11.8. The van der Waals surface area contributed by atoms with E-state index in [1.54, 1.807) is 26.1 Å². The molecule has 1 rings (SSSR count). The minimum Gasteiger partial charge on any atom is -0.383 e. The second-order valence-electron chi connectivity index (χ2n) is 4.28. The number of hydrogen-bond donors (Lipinski definition) is 1. The highest BCUT2D eigenvalue weighted by Gasteiger charge is 2.08. The van der Waals surface area contributed by atoms with Crippen LogP contribution in [-0.4, -0.2) is 44.7 Å². The summed E-state index contributed by atoms with van der Waals surface area (Å²) in [5.41, 5.74) is 1.62. The van der Waals surface area contributed by atoms with Crippen molar-refractivity contribution in [2.45, 2.75) is 13.0 Å². The van der Waals surface area contributed by atoms with Crippen LogP contribution in [-0.2, 0) is 4.74 Å². The van der Waals surface area contributed by atoms with E-state index in [-0.39, 0.29) is 11.9 Å². The molecule has 0 fully saturated rings. The summed E-state index contributed by atoms with van der Waals surface area (Å²) < 4.78 is 5.05. The van der Waals surface area contributed by atoms with Gasteiger partial charge in [-0.1, -0.05) is 6.07 Å². The zero-order chi connectivity index (χ0) is 12.8. The third kappa shape index (κ3) is 4.07. The Balaban J connectivity index is 2.75. The second-order valence-corrected chi connectivity index (χ2v) is 4.28. The molecular weight excluding hydrogens is 216 g/mol. The van der Waals surface area contributed by atoms with Crippen LogP contribution in [0.15, 0.2) is 24.3 Å². The lowest BCUT2D eigenvalue weighted by atomic mass is 10.1. The molecule has 1 aromatic carbocycles. The van der Waals surface area contributed by atoms with E-state index in [1.165, 1.54) is 0 Å². The lowest BCUT2D eigenvalue weighted by molar-refractivity contribution is 0.0827. The van der Waals surface area contributed by atoms with Gasteiger partial charge in [0.25, 0.3) is 5.91 Å². The number of anilines is 1. The van der Waals surface area contributed by atoms with Gasteiger partial charge in [0.1, 0.15) is 0 Å². The summed E-state index contributed by atoms with van der Waals surface area (Å²) >= 11 is 0. The summed E-state index contributed by atoms with van der Waals surface area (Å²) in [7, 11) is 5.16. The highest BCUT2D eigenvalue weighted by molar-refractivity contribution is 5.94. The van der Waals surface area contributed by atoms with Crippen molar-refractivity contribution in [3.63, 3.8) is 0 Å². The molecule has 1 N–H and O–H groups in total. The Labute approximate surface area is 103 Å². The topological polar surface area (TPSA) is 41.6 Å². The maximum Gasteiger partial charge on any atom is 0.253 e. The van der Waals surface area contributed by atoms with Crippen LogP contribution >= 0.6 is 0 Å². The minimum absolute atomic E-state index is 0.00745. The fourth-order valence-corrected chi connectivity index (χ4v) is 1.58. The van der Waals surface area contributed by atoms with Gasteiger partial charge in [-0.3, -0.25) is 4.79 Å². The number of methoxy groups -OCH3 is 1. The van der Waals surface area contributed by atoms with Crippen molar-refractivity contribution in [3.05, 3.63) is 29.8 Å². The van der Waals surface area contributed by atoms with Crippen molar-refractivity contribution < 1.29 is 9.53 Å². The Morgan fingerprint density at radius 2 is 2.18 bits per heavy atom. The van der Waals surface area contributed by atoms with Crippen LogP contribution in [0, 0.1) is 0 Å². The van der Waals surface area contributed by atoms with Crippen molar-refractivity contribution in [3.8, 4) is 0 Å². The third-order valence-electron chi connectivity index (χ3n) is 2.35. The highest BCUT2D eigenvalue weighted by Crippen LogP contribution is 2.13. The van der Waals surface area contributed by atoms with Gasteiger partial charge in [0.05, 0.1) is 6.61 Å². The van der Waals surface area contributed by atoms with Crippen molar-refractivity contribution in [1.82, 2.24) is 4.90 Å². The lowest BCUT2D eigenvalue weighted by Gasteiger charge is -2.16. The van der Waals surface area contributed by atoms with Crippen LogP contribution in [0.5, 0.6) is 0 Å². The largest absolute Gasteiger partial charge is 0.383 e. The van der Waals surface area contributed by atoms with Crippen LogP contribution in [0.3, 0.4) is 0 Å². The Morgan fingerprint density at radius 3 is 2.76 bits per heavy atom. The van der Waals surface area contributed by atoms with Gasteiger partial charge in [-0.15, -0.1) is 0 Å². The van der Waals surface area contributed by atoms with Gasteiger partial charge in [0, 0.05) is 38.5 Å². The summed E-state index contributed by atoms with van der Waals surface area (Å²) in [5.74, 6) is 0.00745. The summed E-state index contributed by atoms with van der Waals surface area (Å²) in [6.07, 6.45) is 0. The zero-order valence-electron chi connectivity index (χ0n) is 10.9. The molecular formula is C13H20N2O2. The van der Waals surface area contributed by atoms with E-state index in [0.29, 0.717) is 12.2 Å². The van der Waals surface area contributed by atoms with E-state index < -0.39 is 0 Å². The third-order valence-corrected chi connectivity index (χ3v) is 2.35. The van der Waals surface area contributed by atoms with Crippen LogP contribution in [0.2, 0.25) is 0 Å². The van der Waals surface area contributed by atoms with Crippen LogP contribution in [0.4, 0.5) is 5.69 Å². The van der Waals surface area contributed by atoms with Crippen LogP contribution in [0.1, 0.15) is 17.3 Å². The average molecular weight is 236 g/mol. The molecule has 1 aromatic rings. The number of rotatable bonds is 5. The normalized spacial score (nSPS) is 12.0. The van der Waals surface area contributed by atoms with E-state index in [2.05, 4.69) is 5.32 Å². The number of ether oxygens (including phenoxy) is 1. The Kier molecular flexibility index (Phi) is 4.97. The Morgan fingerprint density at radius 1 is 1.47 bits per heavy atom. The lowest BCUT2D eigenvalue weighted by Crippen LogP contribution is -2.23. The fourth-order valence-electron chi connectivity index (χ4n) is 1.58. The highest BCUT2D eigenvalue weighted by atomic mass is 16.5. The monoisotopic (exact) mass is 236 g/mol. The molecule has 0 aliphatic rings. The molecule has 0 saturated carbocycles. The number of hydrogen-bond acceptors (Lipinski definition) is 3. The van der Waals surface area contributed by atoms with Crippen LogP contribution < -0.4 is 5.32 Å². The van der Waals surface area contributed by atoms with Crippen molar-refractivity contribution in [2.75, 3.05) is 33.1 Å². The van der Waals surface area contributed by atoms with E-state index in [9.17, 15) is 4.79 Å². The molecule has 1 amide bonds. The fraction of sp³-hybridized carbons (Fsp3) is 0.462. The Bertz CT molecular complexity index is 377. The van der Waals surface area contributed by atoms with E-state index >= 15 is 0 Å². The quantitative estimate of drug-likeness (QED) is 0.848. The van der Waals surface area contributed by atoms with Crippen LogP contribution in [0.25, 0.3) is 0 Å². The molecule has 17 heavy (non-hydrogen) atoms. The van der Waals surface area contributed by atoms with Gasteiger partial charge in [0.15, 0.2) is 0 Å². The maximum atomic E-state index is 11.8. The van der Waals surface area contributed by atoms with Gasteiger partial charge >= 0.3 is 0 Å². The first-order chi connectivity index (χ1) is 8.04. The summed E-state index contributed by atoms with van der Waals surface area (Å²) in [4.78, 5) is 13.3. The molecule has 0 spiro atoms. The number of amides is 1. The first-order valence-electron chi connectivity index (χ1n) is 5.61. The summed E-state index contributed by atoms with van der Waals surface area (Å²) in [5, 5.41) is 3.28. The van der Waals surface area contributed by atoms with Gasteiger partial charge in [0.2, 0.25) is 0 Å². The molecule has 1 atom stereocenters. The number of carbonyl (C=O) groups is 1. The number of nitrogens with one attached hydrogen (secondary N) is 1. The standard InChI is InChI=1S/C13H20N2O2/c1-10(9-17-4)14-12-7-5-6-11(8-12)13(16)15(2)3/h5-8,10,14H,9H2,1-4H3. The summed E-state index contributed by atoms with van der Waals surface area (Å²) in [6.45, 7) is 2.66. The average Bonchev–Trinajstić information content (AvgIpc) is 2.28. The Hall–Kier alpha value is -1.55. The molecule has 0 aliphatic carbocycles. The predicted octanol–water partition coefficient (Wildman–Crippen LogP) is 1.84. The molecule has 4 heteroatoms. The molecule has 0 aliphatic heterocycles. The van der Waals surface area contributed by atoms with Gasteiger partial charge in [-0.05, 0) is 25.1 Å². The minimum atomic E-state index is 0.00745. The molecule has 0 bridgehead atoms. The number of benzene rings is 1. The van der Waals surface area contributed by atoms with E-state index in [0.717, 1.165) is 5.69 Å². The molecule has 4 nitrogen and oxygen atoms in total. The van der Waals surface area contributed by atoms with E-state index in [4.69, 9.17) is 4.74 Å². The summed E-state index contributed by atoms with van der Waals surface area (Å²) in [6, 6.07) is 7.70. The number of carbonyl (C=O) groups excluding carboxylic acids is 1. The first kappa shape index (κ1) is 13.5. The molecule has 0 heterocycles. The zero-order valence-corrected chi connectivity index (χ0v) is 10.9. The number of nitrogens with zero attached hydrogens (tertiary/aromatic N) is 1. The van der Waals surface area contributed by atoms with E-state index in [1.807, 2.05) is 31.2 Å². The van der Waals surface area contributed by atoms with Crippen molar-refractivity contribution >= 4 is 11.6 Å². The molecule has 1 unspecified atom stereocenters. The van der Waals surface area contributed by atoms with Gasteiger partial charge in [-0.2, -0.15) is 0 Å². The molecule has 0 radical (unpaired) electrons. The van der Waals surface area contributed by atoms with Gasteiger partial charge in [-0.25, -0.2) is 0 Å². The molecule has 0 saturated heterocycles. The van der Waals surface area contributed by atoms with Gasteiger partial charge < -0.3 is 15.0 Å².